The van der Waals surface area contributed by atoms with Gasteiger partial charge in [-0.3, -0.25) is 0 Å². The second-order valence-electron chi connectivity index (χ2n) is 6.07. The van der Waals surface area contributed by atoms with Crippen molar-refractivity contribution >= 4 is 33.9 Å². The number of hydrogen-bond donors (Lipinski definition) is 0. The van der Waals surface area contributed by atoms with E-state index in [1.54, 1.807) is 0 Å². The van der Waals surface area contributed by atoms with Gasteiger partial charge < -0.3 is 0 Å². The molecule has 0 N–H and O–H groups in total. The molecule has 0 saturated carbocycles. The summed E-state index contributed by atoms with van der Waals surface area (Å²) in [5.41, 5.74) is 0. The van der Waals surface area contributed by atoms with Crippen molar-refractivity contribution in [3.05, 3.63) is 0 Å². The summed E-state index contributed by atoms with van der Waals surface area (Å²) >= 11 is -1.76. The van der Waals surface area contributed by atoms with Gasteiger partial charge in [0.2, 0.25) is 0 Å². The van der Waals surface area contributed by atoms with Crippen LogP contribution in [0, 0.1) is 0 Å². The molecule has 5 heteroatoms. The summed E-state index contributed by atoms with van der Waals surface area (Å²) < 4.78 is 10.2. The summed E-state index contributed by atoms with van der Waals surface area (Å²) in [4.78, 5) is 23.0. The molecule has 0 aromatic rings. The van der Waals surface area contributed by atoms with Crippen LogP contribution in [0.5, 0.6) is 0 Å². The fraction of sp³-hybridized carbons (Fsp3) is 0.889. The first-order valence-corrected chi connectivity index (χ1v) is 11.7. The summed E-state index contributed by atoms with van der Waals surface area (Å²) in [6.07, 6.45) is 14.7. The fourth-order valence-corrected chi connectivity index (χ4v) is 3.55. The molecule has 0 saturated heterocycles. The predicted octanol–water partition coefficient (Wildman–Crippen LogP) is 5.11. The maximum absolute atomic E-state index is 11.5. The van der Waals surface area contributed by atoms with Crippen molar-refractivity contribution in [3.63, 3.8) is 0 Å². The van der Waals surface area contributed by atoms with Crippen LogP contribution < -0.4 is 0 Å². The quantitative estimate of drug-likeness (QED) is 0.251. The van der Waals surface area contributed by atoms with Crippen molar-refractivity contribution in [1.82, 2.24) is 0 Å². The van der Waals surface area contributed by atoms with Crippen LogP contribution in [0.3, 0.4) is 0 Å². The summed E-state index contributed by atoms with van der Waals surface area (Å²) in [7, 11) is 0. The van der Waals surface area contributed by atoms with E-state index < -0.39 is 22.0 Å². The van der Waals surface area contributed by atoms with E-state index in [0.717, 1.165) is 25.7 Å². The Morgan fingerprint density at radius 2 is 0.957 bits per heavy atom. The van der Waals surface area contributed by atoms with Gasteiger partial charge in [-0.15, -0.1) is 0 Å². The average Bonchev–Trinajstić information content (AvgIpc) is 2.54. The first kappa shape index (κ1) is 22.7. The van der Waals surface area contributed by atoms with E-state index in [-0.39, 0.29) is 11.9 Å². The van der Waals surface area contributed by atoms with Crippen molar-refractivity contribution in [1.29, 1.82) is 0 Å². The third-order valence-electron chi connectivity index (χ3n) is 3.78. The zero-order chi connectivity index (χ0) is 17.2. The Morgan fingerprint density at radius 3 is 1.35 bits per heavy atom. The van der Waals surface area contributed by atoms with Crippen molar-refractivity contribution in [3.8, 4) is 0 Å². The molecule has 0 aliphatic rings. The number of carbonyl (C=O) groups excluding carboxylic acids is 2. The molecular formula is C18H34O4Sn. The Balaban J connectivity index is 3.33. The number of carbonyl (C=O) groups is 2. The van der Waals surface area contributed by atoms with Crippen LogP contribution in [-0.2, 0) is 15.7 Å². The Hall–Kier alpha value is -0.261. The van der Waals surface area contributed by atoms with Crippen LogP contribution in [0.4, 0.5) is 0 Å². The van der Waals surface area contributed by atoms with Crippen LogP contribution >= 0.6 is 0 Å². The van der Waals surface area contributed by atoms with E-state index in [0.29, 0.717) is 12.8 Å². The van der Waals surface area contributed by atoms with Crippen molar-refractivity contribution in [2.45, 2.75) is 104 Å². The normalized spacial score (nSPS) is 10.5. The van der Waals surface area contributed by atoms with E-state index in [1.165, 1.54) is 51.4 Å². The minimum absolute atomic E-state index is 0.195. The summed E-state index contributed by atoms with van der Waals surface area (Å²) in [5, 5.41) is 0. The Bertz CT molecular complexity index is 267. The number of unbranched alkanes of at least 4 members (excludes halogenated alkanes) is 10. The molecule has 0 rings (SSSR count). The molecule has 23 heavy (non-hydrogen) atoms. The zero-order valence-electron chi connectivity index (χ0n) is 15.0. The van der Waals surface area contributed by atoms with Crippen LogP contribution in [0.1, 0.15) is 104 Å². The van der Waals surface area contributed by atoms with Gasteiger partial charge in [0.1, 0.15) is 0 Å². The molecule has 0 bridgehead atoms. The molecule has 0 atom stereocenters. The first-order chi connectivity index (χ1) is 11.2. The molecular weight excluding hydrogens is 399 g/mol. The molecule has 0 unspecified atom stereocenters. The molecule has 0 amide bonds. The average molecular weight is 433 g/mol. The predicted molar refractivity (Wildman–Crippen MR) is 93.9 cm³/mol. The third-order valence-corrected chi connectivity index (χ3v) is 5.56. The van der Waals surface area contributed by atoms with Gasteiger partial charge >= 0.3 is 153 Å². The molecule has 134 valence electrons. The van der Waals surface area contributed by atoms with Gasteiger partial charge in [-0.1, -0.05) is 0 Å². The molecule has 0 spiro atoms. The van der Waals surface area contributed by atoms with E-state index in [1.807, 2.05) is 0 Å². The molecule has 2 radical (unpaired) electrons. The van der Waals surface area contributed by atoms with Crippen molar-refractivity contribution in [2.24, 2.45) is 0 Å². The van der Waals surface area contributed by atoms with Crippen LogP contribution in [0.2, 0.25) is 0 Å². The van der Waals surface area contributed by atoms with Crippen LogP contribution in [-0.4, -0.2) is 33.9 Å². The Kier molecular flexibility index (Phi) is 17.9. The summed E-state index contributed by atoms with van der Waals surface area (Å²) in [5.74, 6) is -0.390. The molecule has 0 aromatic carbocycles. The fourth-order valence-electron chi connectivity index (χ4n) is 2.32. The number of rotatable bonds is 16. The molecule has 0 heterocycles. The SMILES string of the molecule is CCCCCCCCC(=O)[O][Sn][O]C(=O)CCCCCCCC. The molecule has 4 nitrogen and oxygen atoms in total. The van der Waals surface area contributed by atoms with Gasteiger partial charge in [0.05, 0.1) is 0 Å². The van der Waals surface area contributed by atoms with E-state index in [9.17, 15) is 9.59 Å². The van der Waals surface area contributed by atoms with Gasteiger partial charge in [-0.25, -0.2) is 0 Å². The summed E-state index contributed by atoms with van der Waals surface area (Å²) in [6, 6.07) is 0. The molecule has 0 aliphatic heterocycles. The molecule has 0 aliphatic carbocycles. The van der Waals surface area contributed by atoms with Crippen molar-refractivity contribution in [2.75, 3.05) is 0 Å². The third kappa shape index (κ3) is 17.9. The van der Waals surface area contributed by atoms with Gasteiger partial charge in [-0.2, -0.15) is 0 Å². The van der Waals surface area contributed by atoms with Gasteiger partial charge in [0.15, 0.2) is 0 Å². The van der Waals surface area contributed by atoms with Gasteiger partial charge in [0.25, 0.3) is 0 Å². The molecule has 0 aromatic heterocycles. The van der Waals surface area contributed by atoms with Crippen LogP contribution in [0.25, 0.3) is 0 Å². The first-order valence-electron chi connectivity index (χ1n) is 9.35. The van der Waals surface area contributed by atoms with Crippen LogP contribution in [0.15, 0.2) is 0 Å². The van der Waals surface area contributed by atoms with Crippen molar-refractivity contribution < 1.29 is 15.7 Å². The monoisotopic (exact) mass is 434 g/mol. The Morgan fingerprint density at radius 1 is 0.609 bits per heavy atom. The second-order valence-corrected chi connectivity index (χ2v) is 7.71. The number of hydrogen-bond acceptors (Lipinski definition) is 4. The molecule has 0 fully saturated rings. The second kappa shape index (κ2) is 18.1. The summed E-state index contributed by atoms with van der Waals surface area (Å²) in [6.45, 7) is 4.38. The van der Waals surface area contributed by atoms with E-state index in [2.05, 4.69) is 13.8 Å². The van der Waals surface area contributed by atoms with E-state index >= 15 is 0 Å². The zero-order valence-corrected chi connectivity index (χ0v) is 17.9. The maximum atomic E-state index is 11.5. The van der Waals surface area contributed by atoms with Gasteiger partial charge in [0, 0.05) is 0 Å². The van der Waals surface area contributed by atoms with Gasteiger partial charge in [-0.05, 0) is 0 Å². The topological polar surface area (TPSA) is 52.6 Å². The van der Waals surface area contributed by atoms with E-state index in [4.69, 9.17) is 6.15 Å². The standard InChI is InChI=1S/2C9H18O2.Sn/c2*1-2-3-4-5-6-7-8-9(10)11;/h2*2-8H2,1H3,(H,10,11);/q;;+2/p-2. The minimum atomic E-state index is -1.76. The Labute approximate surface area is 153 Å².